The summed E-state index contributed by atoms with van der Waals surface area (Å²) in [7, 11) is 0. The minimum absolute atomic E-state index is 0.393. The van der Waals surface area contributed by atoms with Crippen LogP contribution in [-0.4, -0.2) is 16.1 Å². The van der Waals surface area contributed by atoms with Crippen LogP contribution in [0.2, 0.25) is 0 Å². The van der Waals surface area contributed by atoms with Crippen molar-refractivity contribution in [3.8, 4) is 5.69 Å². The zero-order valence-corrected chi connectivity index (χ0v) is 9.42. The molecular formula is C13H14N2O. The third-order valence-corrected chi connectivity index (χ3v) is 2.51. The molecule has 0 bridgehead atoms. The maximum atomic E-state index is 10.9. The maximum Gasteiger partial charge on any atom is 0.152 e. The molecule has 0 spiro atoms. The lowest BCUT2D eigenvalue weighted by Crippen LogP contribution is -2.00. The Morgan fingerprint density at radius 2 is 2.00 bits per heavy atom. The molecule has 0 unspecified atom stereocenters. The Morgan fingerprint density at radius 3 is 2.62 bits per heavy atom. The van der Waals surface area contributed by atoms with Crippen LogP contribution in [0.4, 0.5) is 0 Å². The maximum absolute atomic E-state index is 10.9. The fourth-order valence-corrected chi connectivity index (χ4v) is 1.58. The highest BCUT2D eigenvalue weighted by atomic mass is 16.1. The number of hydrogen-bond acceptors (Lipinski definition) is 2. The van der Waals surface area contributed by atoms with Crippen LogP contribution in [-0.2, 0) is 0 Å². The Morgan fingerprint density at radius 1 is 1.25 bits per heavy atom. The number of hydrogen-bond donors (Lipinski definition) is 0. The minimum atomic E-state index is 0.393. The topological polar surface area (TPSA) is 34.9 Å². The average Bonchev–Trinajstić information content (AvgIpc) is 2.78. The fraction of sp³-hybridized carbons (Fsp3) is 0.231. The first-order valence-corrected chi connectivity index (χ1v) is 5.32. The van der Waals surface area contributed by atoms with Crippen molar-refractivity contribution in [2.45, 2.75) is 19.8 Å². The molecule has 1 aromatic heterocycles. The number of aldehydes is 1. The molecule has 82 valence electrons. The largest absolute Gasteiger partial charge is 0.298 e. The second kappa shape index (κ2) is 4.31. The first-order chi connectivity index (χ1) is 7.72. The van der Waals surface area contributed by atoms with Gasteiger partial charge in [-0.1, -0.05) is 26.0 Å². The van der Waals surface area contributed by atoms with Gasteiger partial charge in [-0.05, 0) is 24.1 Å². The quantitative estimate of drug-likeness (QED) is 0.736. The van der Waals surface area contributed by atoms with Crippen LogP contribution in [0, 0.1) is 0 Å². The van der Waals surface area contributed by atoms with E-state index in [1.54, 1.807) is 10.7 Å². The van der Waals surface area contributed by atoms with Gasteiger partial charge in [0.05, 0.1) is 11.4 Å². The zero-order chi connectivity index (χ0) is 11.5. The monoisotopic (exact) mass is 214 g/mol. The number of aromatic nitrogens is 2. The third kappa shape index (κ3) is 1.89. The molecule has 0 saturated heterocycles. The fourth-order valence-electron chi connectivity index (χ4n) is 1.58. The van der Waals surface area contributed by atoms with Crippen LogP contribution >= 0.6 is 0 Å². The molecule has 0 aliphatic heterocycles. The smallest absolute Gasteiger partial charge is 0.152 e. The molecule has 0 fully saturated rings. The molecule has 3 heteroatoms. The van der Waals surface area contributed by atoms with Gasteiger partial charge in [0.25, 0.3) is 0 Å². The average molecular weight is 214 g/mol. The molecule has 0 saturated carbocycles. The van der Waals surface area contributed by atoms with E-state index >= 15 is 0 Å². The second-order valence-electron chi connectivity index (χ2n) is 4.02. The summed E-state index contributed by atoms with van der Waals surface area (Å²) in [5.74, 6) is 0.393. The van der Waals surface area contributed by atoms with Gasteiger partial charge in [0.15, 0.2) is 6.29 Å². The first kappa shape index (κ1) is 10.6. The summed E-state index contributed by atoms with van der Waals surface area (Å²) >= 11 is 0. The summed E-state index contributed by atoms with van der Waals surface area (Å²) < 4.78 is 1.75. The number of nitrogens with zero attached hydrogens (tertiary/aromatic N) is 2. The predicted octanol–water partition coefficient (Wildman–Crippen LogP) is 2.81. The van der Waals surface area contributed by atoms with E-state index in [0.29, 0.717) is 11.5 Å². The van der Waals surface area contributed by atoms with E-state index < -0.39 is 0 Å². The van der Waals surface area contributed by atoms with Crippen LogP contribution in [0.15, 0.2) is 36.5 Å². The van der Waals surface area contributed by atoms with Crippen molar-refractivity contribution in [2.75, 3.05) is 0 Å². The van der Waals surface area contributed by atoms with E-state index in [0.717, 1.165) is 17.7 Å². The highest BCUT2D eigenvalue weighted by Crippen LogP contribution is 2.16. The van der Waals surface area contributed by atoms with E-state index in [1.807, 2.05) is 30.5 Å². The van der Waals surface area contributed by atoms with Crippen LogP contribution < -0.4 is 0 Å². The first-order valence-electron chi connectivity index (χ1n) is 5.32. The van der Waals surface area contributed by atoms with Crippen molar-refractivity contribution in [1.82, 2.24) is 9.78 Å². The lowest BCUT2D eigenvalue weighted by atomic mass is 10.1. The summed E-state index contributed by atoms with van der Waals surface area (Å²) in [6.45, 7) is 4.19. The van der Waals surface area contributed by atoms with Crippen molar-refractivity contribution >= 4 is 6.29 Å². The van der Waals surface area contributed by atoms with Crippen molar-refractivity contribution in [2.24, 2.45) is 0 Å². The van der Waals surface area contributed by atoms with E-state index in [4.69, 9.17) is 0 Å². The summed E-state index contributed by atoms with van der Waals surface area (Å²) in [5, 5.41) is 4.45. The number of benzene rings is 1. The Labute approximate surface area is 94.7 Å². The van der Waals surface area contributed by atoms with Gasteiger partial charge in [-0.2, -0.15) is 5.10 Å². The van der Waals surface area contributed by atoms with Crippen LogP contribution in [0.25, 0.3) is 5.69 Å². The highest BCUT2D eigenvalue weighted by molar-refractivity contribution is 5.80. The molecule has 2 aromatic rings. The van der Waals surface area contributed by atoms with Gasteiger partial charge in [-0.25, -0.2) is 4.68 Å². The van der Waals surface area contributed by atoms with Gasteiger partial charge < -0.3 is 0 Å². The molecule has 0 aliphatic rings. The van der Waals surface area contributed by atoms with Gasteiger partial charge in [0.2, 0.25) is 0 Å². The molecule has 0 aliphatic carbocycles. The van der Waals surface area contributed by atoms with Crippen molar-refractivity contribution in [3.63, 3.8) is 0 Å². The highest BCUT2D eigenvalue weighted by Gasteiger charge is 2.07. The zero-order valence-electron chi connectivity index (χ0n) is 9.42. The SMILES string of the molecule is CC(C)c1ccn(-c2ccccc2C=O)n1. The molecule has 0 atom stereocenters. The molecule has 0 N–H and O–H groups in total. The Kier molecular flexibility index (Phi) is 2.86. The minimum Gasteiger partial charge on any atom is -0.298 e. The normalized spacial score (nSPS) is 10.7. The summed E-state index contributed by atoms with van der Waals surface area (Å²) in [6, 6.07) is 9.41. The summed E-state index contributed by atoms with van der Waals surface area (Å²) in [6.07, 6.45) is 2.74. The standard InChI is InChI=1S/C13H14N2O/c1-10(2)12-7-8-15(14-12)13-6-4-3-5-11(13)9-16/h3-10H,1-2H3. The van der Waals surface area contributed by atoms with Crippen LogP contribution in [0.5, 0.6) is 0 Å². The number of rotatable bonds is 3. The van der Waals surface area contributed by atoms with Crippen molar-refractivity contribution in [1.29, 1.82) is 0 Å². The third-order valence-electron chi connectivity index (χ3n) is 2.51. The van der Waals surface area contributed by atoms with E-state index in [-0.39, 0.29) is 0 Å². The number of carbonyl (C=O) groups excluding carboxylic acids is 1. The van der Waals surface area contributed by atoms with Gasteiger partial charge in [-0.15, -0.1) is 0 Å². The van der Waals surface area contributed by atoms with Crippen molar-refractivity contribution in [3.05, 3.63) is 47.8 Å². The van der Waals surface area contributed by atoms with E-state index in [9.17, 15) is 4.79 Å². The molecule has 1 aromatic carbocycles. The molecule has 16 heavy (non-hydrogen) atoms. The van der Waals surface area contributed by atoms with Crippen LogP contribution in [0.1, 0.15) is 35.8 Å². The van der Waals surface area contributed by atoms with Gasteiger partial charge in [0.1, 0.15) is 0 Å². The Balaban J connectivity index is 2.46. The molecular weight excluding hydrogens is 200 g/mol. The summed E-state index contributed by atoms with van der Waals surface area (Å²) in [5.41, 5.74) is 2.51. The van der Waals surface area contributed by atoms with Gasteiger partial charge in [-0.3, -0.25) is 4.79 Å². The van der Waals surface area contributed by atoms with Crippen molar-refractivity contribution < 1.29 is 4.79 Å². The lowest BCUT2D eigenvalue weighted by molar-refractivity contribution is 0.112. The Hall–Kier alpha value is -1.90. The molecule has 3 nitrogen and oxygen atoms in total. The molecule has 2 rings (SSSR count). The number of para-hydroxylation sites is 1. The van der Waals surface area contributed by atoms with E-state index in [2.05, 4.69) is 18.9 Å². The predicted molar refractivity (Wildman–Crippen MR) is 63.0 cm³/mol. The molecule has 1 heterocycles. The van der Waals surface area contributed by atoms with E-state index in [1.165, 1.54) is 0 Å². The lowest BCUT2D eigenvalue weighted by Gasteiger charge is -2.04. The summed E-state index contributed by atoms with van der Waals surface area (Å²) in [4.78, 5) is 10.9. The number of carbonyl (C=O) groups is 1. The second-order valence-corrected chi connectivity index (χ2v) is 4.02. The van der Waals surface area contributed by atoms with Crippen LogP contribution in [0.3, 0.4) is 0 Å². The molecule has 0 radical (unpaired) electrons. The molecule has 0 amide bonds. The van der Waals surface area contributed by atoms with Gasteiger partial charge in [0, 0.05) is 11.8 Å². The Bertz CT molecular complexity index is 500. The van der Waals surface area contributed by atoms with Gasteiger partial charge >= 0.3 is 0 Å².